The molecule has 0 aliphatic rings. The van der Waals surface area contributed by atoms with Gasteiger partial charge in [-0.15, -0.1) is 0 Å². The number of hydrogen-bond acceptors (Lipinski definition) is 5. The SMILES string of the molecule is COc1cncc(Cn2c(=O)n(C)c(=O)n(C)c2=S)c1. The van der Waals surface area contributed by atoms with Crippen molar-refractivity contribution in [3.05, 3.63) is 49.8 Å². The van der Waals surface area contributed by atoms with Crippen molar-refractivity contribution in [3.63, 3.8) is 0 Å². The molecule has 0 bridgehead atoms. The van der Waals surface area contributed by atoms with Crippen LogP contribution < -0.4 is 16.1 Å². The van der Waals surface area contributed by atoms with E-state index in [1.165, 1.54) is 30.3 Å². The first-order valence-electron chi connectivity index (χ1n) is 5.80. The summed E-state index contributed by atoms with van der Waals surface area (Å²) in [6, 6.07) is 1.76. The normalized spacial score (nSPS) is 10.6. The minimum absolute atomic E-state index is 0.168. The van der Waals surface area contributed by atoms with Gasteiger partial charge in [0.2, 0.25) is 0 Å². The number of methoxy groups -OCH3 is 1. The lowest BCUT2D eigenvalue weighted by atomic mass is 10.3. The van der Waals surface area contributed by atoms with Crippen LogP contribution in [-0.2, 0) is 20.6 Å². The van der Waals surface area contributed by atoms with Gasteiger partial charge in [-0.2, -0.15) is 0 Å². The zero-order valence-corrected chi connectivity index (χ0v) is 12.2. The molecule has 2 aromatic heterocycles. The first-order chi connectivity index (χ1) is 9.45. The van der Waals surface area contributed by atoms with Crippen LogP contribution in [0.3, 0.4) is 0 Å². The zero-order chi connectivity index (χ0) is 14.9. The first-order valence-corrected chi connectivity index (χ1v) is 6.21. The van der Waals surface area contributed by atoms with Crippen LogP contribution in [0.25, 0.3) is 0 Å². The molecule has 0 spiro atoms. The summed E-state index contributed by atoms with van der Waals surface area (Å²) in [5.74, 6) is 0.593. The summed E-state index contributed by atoms with van der Waals surface area (Å²) in [5.41, 5.74) is -0.142. The maximum absolute atomic E-state index is 12.1. The van der Waals surface area contributed by atoms with Crippen molar-refractivity contribution in [2.45, 2.75) is 6.54 Å². The Kier molecular flexibility index (Phi) is 3.84. The highest BCUT2D eigenvalue weighted by Gasteiger charge is 2.09. The lowest BCUT2D eigenvalue weighted by Crippen LogP contribution is -2.43. The number of pyridine rings is 1. The van der Waals surface area contributed by atoms with Gasteiger partial charge in [-0.3, -0.25) is 14.1 Å². The molecule has 2 aromatic rings. The fraction of sp³-hybridized carbons (Fsp3) is 0.333. The molecule has 8 heteroatoms. The molecule has 106 valence electrons. The molecule has 0 amide bonds. The molecule has 20 heavy (non-hydrogen) atoms. The monoisotopic (exact) mass is 294 g/mol. The van der Waals surface area contributed by atoms with Crippen LogP contribution >= 0.6 is 12.2 Å². The molecule has 7 nitrogen and oxygen atoms in total. The molecule has 0 fully saturated rings. The topological polar surface area (TPSA) is 71.1 Å². The molecular formula is C12H14N4O3S. The highest BCUT2D eigenvalue weighted by atomic mass is 32.1. The highest BCUT2D eigenvalue weighted by molar-refractivity contribution is 7.71. The quantitative estimate of drug-likeness (QED) is 0.749. The van der Waals surface area contributed by atoms with Gasteiger partial charge in [0.15, 0.2) is 4.77 Å². The summed E-state index contributed by atoms with van der Waals surface area (Å²) >= 11 is 5.15. The smallest absolute Gasteiger partial charge is 0.334 e. The van der Waals surface area contributed by atoms with Gasteiger partial charge >= 0.3 is 11.4 Å². The van der Waals surface area contributed by atoms with Crippen molar-refractivity contribution in [2.75, 3.05) is 7.11 Å². The molecular weight excluding hydrogens is 280 g/mol. The number of ether oxygens (including phenoxy) is 1. The summed E-state index contributed by atoms with van der Waals surface area (Å²) in [5, 5.41) is 0. The minimum Gasteiger partial charge on any atom is -0.495 e. The van der Waals surface area contributed by atoms with E-state index >= 15 is 0 Å². The Morgan fingerprint density at radius 2 is 1.90 bits per heavy atom. The Labute approximate surface area is 119 Å². The van der Waals surface area contributed by atoms with Gasteiger partial charge in [0, 0.05) is 20.3 Å². The standard InChI is InChI=1S/C12H14N4O3S/c1-14-10(17)15(2)12(20)16(11(14)18)7-8-4-9(19-3)6-13-5-8/h4-6H,7H2,1-3H3. The highest BCUT2D eigenvalue weighted by Crippen LogP contribution is 2.10. The number of aromatic nitrogens is 4. The molecule has 0 unspecified atom stereocenters. The van der Waals surface area contributed by atoms with Crippen LogP contribution in [0.4, 0.5) is 0 Å². The summed E-state index contributed by atoms with van der Waals surface area (Å²) < 4.78 is 8.86. The third kappa shape index (κ3) is 2.42. The lowest BCUT2D eigenvalue weighted by molar-refractivity contribution is 0.412. The molecule has 2 heterocycles. The van der Waals surface area contributed by atoms with Crippen LogP contribution in [0.5, 0.6) is 5.75 Å². The number of rotatable bonds is 3. The van der Waals surface area contributed by atoms with Crippen LogP contribution in [0, 0.1) is 4.77 Å². The molecule has 2 rings (SSSR count). The molecule has 0 radical (unpaired) electrons. The molecule has 0 aliphatic heterocycles. The third-order valence-corrected chi connectivity index (χ3v) is 3.45. The average molecular weight is 294 g/mol. The maximum atomic E-state index is 12.1. The second-order valence-corrected chi connectivity index (χ2v) is 4.65. The fourth-order valence-electron chi connectivity index (χ4n) is 1.81. The van der Waals surface area contributed by atoms with Crippen LogP contribution in [0.1, 0.15) is 5.56 Å². The van der Waals surface area contributed by atoms with Crippen molar-refractivity contribution in [2.24, 2.45) is 14.1 Å². The third-order valence-electron chi connectivity index (χ3n) is 2.96. The van der Waals surface area contributed by atoms with E-state index < -0.39 is 11.4 Å². The number of nitrogens with zero attached hydrogens (tertiary/aromatic N) is 4. The number of hydrogen-bond donors (Lipinski definition) is 0. The molecule has 0 N–H and O–H groups in total. The van der Waals surface area contributed by atoms with E-state index in [1.807, 2.05) is 0 Å². The molecule has 0 saturated carbocycles. The van der Waals surface area contributed by atoms with E-state index in [-0.39, 0.29) is 11.3 Å². The van der Waals surface area contributed by atoms with E-state index in [0.717, 1.165) is 10.1 Å². The van der Waals surface area contributed by atoms with E-state index in [4.69, 9.17) is 17.0 Å². The van der Waals surface area contributed by atoms with E-state index in [2.05, 4.69) is 4.98 Å². The van der Waals surface area contributed by atoms with Crippen molar-refractivity contribution in [1.82, 2.24) is 18.7 Å². The minimum atomic E-state index is -0.457. The molecule has 0 atom stereocenters. The fourth-order valence-corrected chi connectivity index (χ4v) is 2.03. The Bertz CT molecular complexity index is 778. The lowest BCUT2D eigenvalue weighted by Gasteiger charge is -2.11. The molecule has 0 aliphatic carbocycles. The first kappa shape index (κ1) is 14.2. The van der Waals surface area contributed by atoms with Gasteiger partial charge < -0.3 is 4.74 Å². The van der Waals surface area contributed by atoms with Gasteiger partial charge in [0.25, 0.3) is 0 Å². The van der Waals surface area contributed by atoms with Crippen molar-refractivity contribution < 1.29 is 4.74 Å². The van der Waals surface area contributed by atoms with Gasteiger partial charge in [-0.1, -0.05) is 0 Å². The Hall–Kier alpha value is -2.22. The largest absolute Gasteiger partial charge is 0.495 e. The van der Waals surface area contributed by atoms with Crippen LogP contribution in [0.15, 0.2) is 28.0 Å². The molecule has 0 aromatic carbocycles. The predicted molar refractivity (Wildman–Crippen MR) is 75.6 cm³/mol. The summed E-state index contributed by atoms with van der Waals surface area (Å²) in [7, 11) is 4.49. The second kappa shape index (κ2) is 5.41. The Morgan fingerprint density at radius 3 is 2.55 bits per heavy atom. The maximum Gasteiger partial charge on any atom is 0.334 e. The van der Waals surface area contributed by atoms with Crippen LogP contribution in [0.2, 0.25) is 0 Å². The summed E-state index contributed by atoms with van der Waals surface area (Å²) in [4.78, 5) is 27.9. The second-order valence-electron chi connectivity index (χ2n) is 4.28. The van der Waals surface area contributed by atoms with E-state index in [9.17, 15) is 9.59 Å². The van der Waals surface area contributed by atoms with Crippen LogP contribution in [-0.4, -0.2) is 25.8 Å². The van der Waals surface area contributed by atoms with Crippen molar-refractivity contribution in [3.8, 4) is 5.75 Å². The molecule has 0 saturated heterocycles. The zero-order valence-electron chi connectivity index (χ0n) is 11.4. The van der Waals surface area contributed by atoms with E-state index in [0.29, 0.717) is 5.75 Å². The van der Waals surface area contributed by atoms with Gasteiger partial charge in [-0.25, -0.2) is 14.2 Å². The van der Waals surface area contributed by atoms with Gasteiger partial charge in [-0.05, 0) is 23.8 Å². The van der Waals surface area contributed by atoms with Gasteiger partial charge in [0.05, 0.1) is 19.9 Å². The van der Waals surface area contributed by atoms with Crippen molar-refractivity contribution >= 4 is 12.2 Å². The van der Waals surface area contributed by atoms with Gasteiger partial charge in [0.1, 0.15) is 5.75 Å². The Balaban J connectivity index is 2.57. The van der Waals surface area contributed by atoms with E-state index in [1.54, 1.807) is 18.5 Å². The Morgan fingerprint density at radius 1 is 1.20 bits per heavy atom. The average Bonchev–Trinajstić information content (AvgIpc) is 2.48. The summed E-state index contributed by atoms with van der Waals surface area (Å²) in [6.45, 7) is 0.226. The van der Waals surface area contributed by atoms with Crippen molar-refractivity contribution in [1.29, 1.82) is 0 Å². The predicted octanol–water partition coefficient (Wildman–Crippen LogP) is 0.0669. The summed E-state index contributed by atoms with van der Waals surface area (Å²) in [6.07, 6.45) is 3.19.